The summed E-state index contributed by atoms with van der Waals surface area (Å²) in [5, 5.41) is 11.7. The monoisotopic (exact) mass is 249 g/mol. The van der Waals surface area contributed by atoms with Gasteiger partial charge < -0.3 is 20.6 Å². The number of aryl methyl sites for hydroxylation is 1. The smallest absolute Gasteiger partial charge is 0.170 e. The molecule has 18 heavy (non-hydrogen) atoms. The van der Waals surface area contributed by atoms with Crippen molar-refractivity contribution in [2.45, 2.75) is 20.0 Å². The zero-order valence-corrected chi connectivity index (χ0v) is 10.8. The Morgan fingerprint density at radius 3 is 2.94 bits per heavy atom. The molecule has 1 unspecified atom stereocenters. The van der Waals surface area contributed by atoms with Crippen LogP contribution in [0.15, 0.2) is 23.4 Å². The first-order valence-electron chi connectivity index (χ1n) is 6.07. The molecule has 1 aliphatic rings. The van der Waals surface area contributed by atoms with Gasteiger partial charge in [0, 0.05) is 24.3 Å². The van der Waals surface area contributed by atoms with Crippen molar-refractivity contribution in [1.29, 1.82) is 0 Å². The lowest BCUT2D eigenvalue weighted by Gasteiger charge is -2.33. The van der Waals surface area contributed by atoms with Crippen molar-refractivity contribution in [1.82, 2.24) is 0 Å². The Morgan fingerprint density at radius 1 is 1.56 bits per heavy atom. The van der Waals surface area contributed by atoms with Crippen LogP contribution in [0.3, 0.4) is 0 Å². The highest BCUT2D eigenvalue weighted by Gasteiger charge is 2.17. The van der Waals surface area contributed by atoms with Crippen LogP contribution in [0.1, 0.15) is 18.1 Å². The van der Waals surface area contributed by atoms with Gasteiger partial charge in [-0.05, 0) is 37.6 Å². The topological polar surface area (TPSA) is 71.1 Å². The van der Waals surface area contributed by atoms with Gasteiger partial charge in [0.2, 0.25) is 0 Å². The number of morpholine rings is 1. The first-order chi connectivity index (χ1) is 8.61. The van der Waals surface area contributed by atoms with Crippen molar-refractivity contribution in [2.75, 3.05) is 24.6 Å². The number of ether oxygens (including phenoxy) is 1. The molecule has 1 fully saturated rings. The molecule has 1 saturated heterocycles. The van der Waals surface area contributed by atoms with Crippen LogP contribution < -0.4 is 10.6 Å². The molecule has 2 rings (SSSR count). The predicted molar refractivity (Wildman–Crippen MR) is 71.3 cm³/mol. The van der Waals surface area contributed by atoms with Gasteiger partial charge in [0.05, 0.1) is 12.7 Å². The SMILES string of the molecule is Cc1cc(N2CCOC(C)C2)ccc1/C(N)=N/O. The maximum Gasteiger partial charge on any atom is 0.170 e. The molecule has 0 aromatic heterocycles. The molecule has 0 spiro atoms. The Morgan fingerprint density at radius 2 is 2.33 bits per heavy atom. The third kappa shape index (κ3) is 2.56. The van der Waals surface area contributed by atoms with E-state index in [1.54, 1.807) is 0 Å². The standard InChI is InChI=1S/C13H19N3O2/c1-9-7-11(3-4-12(9)13(14)15-17)16-5-6-18-10(2)8-16/h3-4,7,10,17H,5-6,8H2,1-2H3,(H2,14,15). The molecule has 1 atom stereocenters. The molecule has 0 aliphatic carbocycles. The third-order valence-electron chi connectivity index (χ3n) is 3.20. The summed E-state index contributed by atoms with van der Waals surface area (Å²) in [6.07, 6.45) is 0.253. The summed E-state index contributed by atoms with van der Waals surface area (Å²) in [6, 6.07) is 5.95. The quantitative estimate of drug-likeness (QED) is 0.359. The summed E-state index contributed by atoms with van der Waals surface area (Å²) in [4.78, 5) is 2.29. The third-order valence-corrected chi connectivity index (χ3v) is 3.20. The Bertz CT molecular complexity index is 460. The number of oxime groups is 1. The van der Waals surface area contributed by atoms with E-state index in [4.69, 9.17) is 15.7 Å². The lowest BCUT2D eigenvalue weighted by Crippen LogP contribution is -2.41. The van der Waals surface area contributed by atoms with Crippen LogP contribution in [0.4, 0.5) is 5.69 Å². The van der Waals surface area contributed by atoms with Crippen LogP contribution in [0.2, 0.25) is 0 Å². The summed E-state index contributed by atoms with van der Waals surface area (Å²) in [5.41, 5.74) is 8.53. The van der Waals surface area contributed by atoms with Crippen molar-refractivity contribution in [2.24, 2.45) is 10.9 Å². The average Bonchev–Trinajstić information content (AvgIpc) is 2.37. The second-order valence-corrected chi connectivity index (χ2v) is 4.61. The van der Waals surface area contributed by atoms with Gasteiger partial charge >= 0.3 is 0 Å². The minimum Gasteiger partial charge on any atom is -0.409 e. The molecule has 1 aliphatic heterocycles. The fourth-order valence-electron chi connectivity index (χ4n) is 2.24. The van der Waals surface area contributed by atoms with E-state index in [1.165, 1.54) is 0 Å². The highest BCUT2D eigenvalue weighted by molar-refractivity contribution is 5.98. The van der Waals surface area contributed by atoms with E-state index in [9.17, 15) is 0 Å². The van der Waals surface area contributed by atoms with Crippen molar-refractivity contribution >= 4 is 11.5 Å². The Balaban J connectivity index is 2.23. The van der Waals surface area contributed by atoms with Gasteiger partial charge in [-0.25, -0.2) is 0 Å². The maximum atomic E-state index is 8.70. The molecule has 0 saturated carbocycles. The zero-order chi connectivity index (χ0) is 13.1. The molecule has 1 aromatic rings. The van der Waals surface area contributed by atoms with Crippen LogP contribution in [0.25, 0.3) is 0 Å². The van der Waals surface area contributed by atoms with Crippen molar-refractivity contribution in [3.05, 3.63) is 29.3 Å². The minimum atomic E-state index is 0.148. The van der Waals surface area contributed by atoms with Crippen molar-refractivity contribution < 1.29 is 9.94 Å². The maximum absolute atomic E-state index is 8.70. The highest BCUT2D eigenvalue weighted by Crippen LogP contribution is 2.21. The van der Waals surface area contributed by atoms with Crippen LogP contribution in [-0.4, -0.2) is 36.8 Å². The summed E-state index contributed by atoms with van der Waals surface area (Å²) < 4.78 is 5.53. The van der Waals surface area contributed by atoms with Gasteiger partial charge in [0.1, 0.15) is 0 Å². The number of anilines is 1. The Labute approximate surface area is 107 Å². The first kappa shape index (κ1) is 12.7. The molecule has 0 amide bonds. The Kier molecular flexibility index (Phi) is 3.72. The van der Waals surface area contributed by atoms with Crippen molar-refractivity contribution in [3.63, 3.8) is 0 Å². The number of hydrogen-bond donors (Lipinski definition) is 2. The van der Waals surface area contributed by atoms with E-state index in [1.807, 2.05) is 19.1 Å². The largest absolute Gasteiger partial charge is 0.409 e. The van der Waals surface area contributed by atoms with Crippen molar-refractivity contribution in [3.8, 4) is 0 Å². The molecular weight excluding hydrogens is 230 g/mol. The second-order valence-electron chi connectivity index (χ2n) is 4.61. The first-order valence-corrected chi connectivity index (χ1v) is 6.07. The molecular formula is C13H19N3O2. The molecule has 1 heterocycles. The summed E-state index contributed by atoms with van der Waals surface area (Å²) in [7, 11) is 0. The van der Waals surface area contributed by atoms with E-state index in [0.717, 1.165) is 36.5 Å². The van der Waals surface area contributed by atoms with E-state index in [-0.39, 0.29) is 11.9 Å². The number of benzene rings is 1. The number of nitrogens with two attached hydrogens (primary N) is 1. The van der Waals surface area contributed by atoms with Gasteiger partial charge in [-0.2, -0.15) is 0 Å². The number of amidine groups is 1. The number of nitrogens with zero attached hydrogens (tertiary/aromatic N) is 2. The molecule has 3 N–H and O–H groups in total. The lowest BCUT2D eigenvalue weighted by atomic mass is 10.1. The highest BCUT2D eigenvalue weighted by atomic mass is 16.5. The Hall–Kier alpha value is -1.75. The molecule has 5 heteroatoms. The summed E-state index contributed by atoms with van der Waals surface area (Å²) in [6.45, 7) is 6.57. The molecule has 0 bridgehead atoms. The van der Waals surface area contributed by atoms with E-state index in [2.05, 4.69) is 23.0 Å². The molecule has 98 valence electrons. The van der Waals surface area contributed by atoms with Gasteiger partial charge in [-0.3, -0.25) is 0 Å². The van der Waals surface area contributed by atoms with Crippen LogP contribution in [-0.2, 0) is 4.74 Å². The van der Waals surface area contributed by atoms with Crippen LogP contribution in [0, 0.1) is 6.92 Å². The normalized spacial score (nSPS) is 21.1. The van der Waals surface area contributed by atoms with Crippen LogP contribution >= 0.6 is 0 Å². The van der Waals surface area contributed by atoms with Gasteiger partial charge in [-0.1, -0.05) is 5.16 Å². The molecule has 0 radical (unpaired) electrons. The van der Waals surface area contributed by atoms with Gasteiger partial charge in [0.15, 0.2) is 5.84 Å². The van der Waals surface area contributed by atoms with Crippen LogP contribution in [0.5, 0.6) is 0 Å². The fourth-order valence-corrected chi connectivity index (χ4v) is 2.24. The summed E-state index contributed by atoms with van der Waals surface area (Å²) >= 11 is 0. The molecule has 5 nitrogen and oxygen atoms in total. The van der Waals surface area contributed by atoms with E-state index < -0.39 is 0 Å². The van der Waals surface area contributed by atoms with E-state index >= 15 is 0 Å². The zero-order valence-electron chi connectivity index (χ0n) is 10.8. The summed E-state index contributed by atoms with van der Waals surface area (Å²) in [5.74, 6) is 0.148. The fraction of sp³-hybridized carbons (Fsp3) is 0.462. The molecule has 1 aromatic carbocycles. The minimum absolute atomic E-state index is 0.148. The lowest BCUT2D eigenvalue weighted by molar-refractivity contribution is 0.0532. The predicted octanol–water partition coefficient (Wildman–Crippen LogP) is 1.31. The second kappa shape index (κ2) is 5.27. The average molecular weight is 249 g/mol. The number of hydrogen-bond acceptors (Lipinski definition) is 4. The van der Waals surface area contributed by atoms with E-state index in [0.29, 0.717) is 0 Å². The van der Waals surface area contributed by atoms with Gasteiger partial charge in [-0.15, -0.1) is 0 Å². The van der Waals surface area contributed by atoms with Gasteiger partial charge in [0.25, 0.3) is 0 Å². The number of rotatable bonds is 2.